The molecular weight excluding hydrogens is 385 g/mol. The summed E-state index contributed by atoms with van der Waals surface area (Å²) in [6.45, 7) is 0.462. The molecule has 0 saturated heterocycles. The van der Waals surface area contributed by atoms with Crippen LogP contribution in [0.2, 0.25) is 10.0 Å². The van der Waals surface area contributed by atoms with E-state index >= 15 is 0 Å². The Morgan fingerprint density at radius 1 is 1.15 bits per heavy atom. The molecule has 0 unspecified atom stereocenters. The van der Waals surface area contributed by atoms with Gasteiger partial charge in [0.15, 0.2) is 0 Å². The number of amides is 1. The van der Waals surface area contributed by atoms with Gasteiger partial charge in [-0.1, -0.05) is 29.3 Å². The van der Waals surface area contributed by atoms with Gasteiger partial charge in [0.2, 0.25) is 0 Å². The van der Waals surface area contributed by atoms with E-state index in [4.69, 9.17) is 27.9 Å². The van der Waals surface area contributed by atoms with Crippen molar-refractivity contribution in [2.45, 2.75) is 6.42 Å². The Kier molecular flexibility index (Phi) is 6.04. The largest absolute Gasteiger partial charge is 0.497 e. The topological polar surface area (TPSA) is 56.1 Å². The van der Waals surface area contributed by atoms with Crippen molar-refractivity contribution in [2.24, 2.45) is 7.05 Å². The number of aromatic nitrogens is 2. The Morgan fingerprint density at radius 3 is 2.56 bits per heavy atom. The third kappa shape index (κ3) is 4.62. The standard InChI is InChI=1S/C20H19Cl2N3O2/c1-25-19(12-18(24-25)14-4-7-16(27-2)8-5-14)20(26)23-10-9-13-3-6-15(21)11-17(13)22/h3-8,11-12H,9-10H2,1-2H3,(H,23,26). The summed E-state index contributed by atoms with van der Waals surface area (Å²) in [7, 11) is 3.37. The van der Waals surface area contributed by atoms with Crippen LogP contribution in [-0.2, 0) is 13.5 Å². The van der Waals surface area contributed by atoms with Crippen LogP contribution in [0.25, 0.3) is 11.3 Å². The van der Waals surface area contributed by atoms with Gasteiger partial charge in [-0.3, -0.25) is 9.48 Å². The summed E-state index contributed by atoms with van der Waals surface area (Å²) in [5, 5.41) is 8.52. The minimum atomic E-state index is -0.185. The van der Waals surface area contributed by atoms with E-state index in [1.54, 1.807) is 37.0 Å². The summed E-state index contributed by atoms with van der Waals surface area (Å²) < 4.78 is 6.73. The molecule has 5 nitrogen and oxygen atoms in total. The molecule has 1 N–H and O–H groups in total. The van der Waals surface area contributed by atoms with E-state index in [1.165, 1.54) is 0 Å². The first-order valence-electron chi connectivity index (χ1n) is 8.38. The number of methoxy groups -OCH3 is 1. The molecule has 7 heteroatoms. The van der Waals surface area contributed by atoms with Crippen LogP contribution in [0.5, 0.6) is 5.75 Å². The molecule has 0 saturated carbocycles. The molecule has 1 amide bonds. The fourth-order valence-corrected chi connectivity index (χ4v) is 3.21. The SMILES string of the molecule is COc1ccc(-c2cc(C(=O)NCCc3ccc(Cl)cc3Cl)n(C)n2)cc1. The van der Waals surface area contributed by atoms with Crippen LogP contribution in [0.4, 0.5) is 0 Å². The van der Waals surface area contributed by atoms with Crippen LogP contribution in [0.1, 0.15) is 16.1 Å². The molecule has 0 spiro atoms. The molecule has 2 aromatic carbocycles. The molecule has 27 heavy (non-hydrogen) atoms. The summed E-state index contributed by atoms with van der Waals surface area (Å²) in [5.74, 6) is 0.586. The van der Waals surface area contributed by atoms with Gasteiger partial charge in [-0.25, -0.2) is 0 Å². The molecular formula is C20H19Cl2N3O2. The van der Waals surface area contributed by atoms with E-state index in [9.17, 15) is 4.79 Å². The third-order valence-corrected chi connectivity index (χ3v) is 4.78. The van der Waals surface area contributed by atoms with Gasteiger partial charge in [0.25, 0.3) is 5.91 Å². The second-order valence-corrected chi connectivity index (χ2v) is 6.85. The van der Waals surface area contributed by atoms with Gasteiger partial charge in [0, 0.05) is 29.2 Å². The van der Waals surface area contributed by atoms with Crippen LogP contribution in [0.15, 0.2) is 48.5 Å². The summed E-state index contributed by atoms with van der Waals surface area (Å²) in [6.07, 6.45) is 0.616. The van der Waals surface area contributed by atoms with Crippen LogP contribution >= 0.6 is 23.2 Å². The van der Waals surface area contributed by atoms with Crippen LogP contribution in [-0.4, -0.2) is 29.3 Å². The lowest BCUT2D eigenvalue weighted by Crippen LogP contribution is -2.27. The predicted octanol–water partition coefficient (Wildman–Crippen LogP) is 4.38. The van der Waals surface area contributed by atoms with Crippen molar-refractivity contribution in [3.63, 3.8) is 0 Å². The maximum absolute atomic E-state index is 12.5. The highest BCUT2D eigenvalue weighted by atomic mass is 35.5. The molecule has 0 aliphatic heterocycles. The highest BCUT2D eigenvalue weighted by Gasteiger charge is 2.14. The number of hydrogen-bond acceptors (Lipinski definition) is 3. The molecule has 0 fully saturated rings. The maximum atomic E-state index is 12.5. The molecule has 0 atom stereocenters. The smallest absolute Gasteiger partial charge is 0.269 e. The maximum Gasteiger partial charge on any atom is 0.269 e. The number of hydrogen-bond donors (Lipinski definition) is 1. The number of carbonyl (C=O) groups excluding carboxylic acids is 1. The number of aryl methyl sites for hydroxylation is 1. The quantitative estimate of drug-likeness (QED) is 0.664. The summed E-state index contributed by atoms with van der Waals surface area (Å²) in [4.78, 5) is 12.5. The minimum absolute atomic E-state index is 0.185. The molecule has 1 heterocycles. The van der Waals surface area contributed by atoms with Crippen molar-refractivity contribution in [1.82, 2.24) is 15.1 Å². The zero-order chi connectivity index (χ0) is 19.4. The lowest BCUT2D eigenvalue weighted by molar-refractivity contribution is 0.0944. The summed E-state index contributed by atoms with van der Waals surface area (Å²) >= 11 is 12.1. The first-order chi connectivity index (χ1) is 13.0. The second-order valence-electron chi connectivity index (χ2n) is 6.01. The molecule has 3 aromatic rings. The normalized spacial score (nSPS) is 10.7. The van der Waals surface area contributed by atoms with E-state index < -0.39 is 0 Å². The van der Waals surface area contributed by atoms with Crippen molar-refractivity contribution < 1.29 is 9.53 Å². The van der Waals surface area contributed by atoms with Gasteiger partial charge in [-0.15, -0.1) is 0 Å². The van der Waals surface area contributed by atoms with Crippen molar-refractivity contribution >= 4 is 29.1 Å². The average Bonchev–Trinajstić information content (AvgIpc) is 3.05. The number of nitrogens with zero attached hydrogens (tertiary/aromatic N) is 2. The summed E-state index contributed by atoms with van der Waals surface area (Å²) in [6, 6.07) is 14.7. The zero-order valence-electron chi connectivity index (χ0n) is 15.0. The van der Waals surface area contributed by atoms with Crippen LogP contribution in [0, 0.1) is 0 Å². The summed E-state index contributed by atoms with van der Waals surface area (Å²) in [5.41, 5.74) is 3.07. The minimum Gasteiger partial charge on any atom is -0.497 e. The van der Waals surface area contributed by atoms with Crippen LogP contribution < -0.4 is 10.1 Å². The molecule has 140 valence electrons. The fourth-order valence-electron chi connectivity index (χ4n) is 2.71. The first kappa shape index (κ1) is 19.3. The van der Waals surface area contributed by atoms with E-state index in [2.05, 4.69) is 10.4 Å². The van der Waals surface area contributed by atoms with Crippen molar-refractivity contribution in [2.75, 3.05) is 13.7 Å². The fraction of sp³-hybridized carbons (Fsp3) is 0.200. The lowest BCUT2D eigenvalue weighted by Gasteiger charge is -2.07. The Morgan fingerprint density at radius 2 is 1.89 bits per heavy atom. The molecule has 1 aromatic heterocycles. The Labute approximate surface area is 167 Å². The Hall–Kier alpha value is -2.50. The average molecular weight is 404 g/mol. The van der Waals surface area contributed by atoms with Gasteiger partial charge in [0.05, 0.1) is 12.8 Å². The number of halogens is 2. The Balaban J connectivity index is 1.65. The molecule has 0 bridgehead atoms. The molecule has 0 aliphatic rings. The number of ether oxygens (including phenoxy) is 1. The predicted molar refractivity (Wildman–Crippen MR) is 108 cm³/mol. The monoisotopic (exact) mass is 403 g/mol. The lowest BCUT2D eigenvalue weighted by atomic mass is 10.1. The number of benzene rings is 2. The first-order valence-corrected chi connectivity index (χ1v) is 9.14. The van der Waals surface area contributed by atoms with Gasteiger partial charge >= 0.3 is 0 Å². The molecule has 3 rings (SSSR count). The van der Waals surface area contributed by atoms with E-state index in [0.29, 0.717) is 28.7 Å². The Bertz CT molecular complexity index is 952. The third-order valence-electron chi connectivity index (χ3n) is 4.19. The zero-order valence-corrected chi connectivity index (χ0v) is 16.5. The van der Waals surface area contributed by atoms with Crippen LogP contribution in [0.3, 0.4) is 0 Å². The number of carbonyl (C=O) groups is 1. The van der Waals surface area contributed by atoms with Gasteiger partial charge < -0.3 is 10.1 Å². The van der Waals surface area contributed by atoms with Crippen molar-refractivity contribution in [1.29, 1.82) is 0 Å². The van der Waals surface area contributed by atoms with Gasteiger partial charge in [0.1, 0.15) is 11.4 Å². The molecule has 0 aliphatic carbocycles. The molecule has 0 radical (unpaired) electrons. The number of nitrogens with one attached hydrogen (secondary N) is 1. The van der Waals surface area contributed by atoms with E-state index in [1.807, 2.05) is 30.3 Å². The number of rotatable bonds is 6. The highest BCUT2D eigenvalue weighted by Crippen LogP contribution is 2.23. The van der Waals surface area contributed by atoms with Gasteiger partial charge in [-0.05, 0) is 54.4 Å². The van der Waals surface area contributed by atoms with E-state index in [0.717, 1.165) is 22.6 Å². The van der Waals surface area contributed by atoms with Crippen molar-refractivity contribution in [3.8, 4) is 17.0 Å². The van der Waals surface area contributed by atoms with E-state index in [-0.39, 0.29) is 5.91 Å². The highest BCUT2D eigenvalue weighted by molar-refractivity contribution is 6.35. The second kappa shape index (κ2) is 8.46. The van der Waals surface area contributed by atoms with Crippen molar-refractivity contribution in [3.05, 3.63) is 69.8 Å². The van der Waals surface area contributed by atoms with Gasteiger partial charge in [-0.2, -0.15) is 5.10 Å².